The van der Waals surface area contributed by atoms with E-state index in [1.165, 1.54) is 22.7 Å². The second-order valence-electron chi connectivity index (χ2n) is 8.52. The molecule has 0 fully saturated rings. The smallest absolute Gasteiger partial charge is 0.119 e. The maximum Gasteiger partial charge on any atom is 0.119 e. The van der Waals surface area contributed by atoms with Gasteiger partial charge in [0.1, 0.15) is 5.75 Å². The lowest BCUT2D eigenvalue weighted by molar-refractivity contribution is 0.214. The maximum absolute atomic E-state index is 6.00. The summed E-state index contributed by atoms with van der Waals surface area (Å²) in [5.74, 6) is 0.963. The second-order valence-corrected chi connectivity index (χ2v) is 13.8. The molecule has 0 aromatic heterocycles. The average Bonchev–Trinajstić information content (AvgIpc) is 2.61. The highest BCUT2D eigenvalue weighted by molar-refractivity contribution is 6.77. The lowest BCUT2D eigenvalue weighted by atomic mass is 9.78. The van der Waals surface area contributed by atoms with Gasteiger partial charge in [0.25, 0.3) is 0 Å². The van der Waals surface area contributed by atoms with Gasteiger partial charge in [0, 0.05) is 19.1 Å². The van der Waals surface area contributed by atoms with E-state index in [2.05, 4.69) is 82.4 Å². The summed E-state index contributed by atoms with van der Waals surface area (Å²) >= 11 is 0. The Labute approximate surface area is 160 Å². The Bertz CT molecular complexity index is 672. The molecule has 142 valence electrons. The van der Waals surface area contributed by atoms with Gasteiger partial charge >= 0.3 is 0 Å². The quantitative estimate of drug-likeness (QED) is 0.500. The van der Waals surface area contributed by atoms with Crippen LogP contribution in [0.15, 0.2) is 48.5 Å². The first-order valence-corrected chi connectivity index (χ1v) is 13.0. The Morgan fingerprint density at radius 3 is 1.85 bits per heavy atom. The van der Waals surface area contributed by atoms with Crippen LogP contribution in [0.2, 0.25) is 25.2 Å². The summed E-state index contributed by atoms with van der Waals surface area (Å²) in [6.07, 6.45) is 0. The molecule has 0 heterocycles. The third-order valence-corrected chi connectivity index (χ3v) is 8.50. The number of methoxy groups -OCH3 is 1. The second kappa shape index (κ2) is 8.87. The van der Waals surface area contributed by atoms with Crippen LogP contribution in [-0.4, -0.2) is 28.4 Å². The van der Waals surface area contributed by atoms with Gasteiger partial charge in [-0.25, -0.2) is 0 Å². The van der Waals surface area contributed by atoms with Gasteiger partial charge < -0.3 is 9.47 Å². The van der Waals surface area contributed by atoms with Crippen LogP contribution >= 0.6 is 0 Å². The molecule has 0 amide bonds. The molecule has 0 radical (unpaired) electrons. The summed E-state index contributed by atoms with van der Waals surface area (Å²) in [4.78, 5) is 0. The molecule has 2 aromatic carbocycles. The van der Waals surface area contributed by atoms with Crippen molar-refractivity contribution in [3.63, 3.8) is 0 Å². The summed E-state index contributed by atoms with van der Waals surface area (Å²) in [5.41, 5.74) is 3.93. The summed E-state index contributed by atoms with van der Waals surface area (Å²) in [6, 6.07) is 19.8. The predicted octanol–water partition coefficient (Wildman–Crippen LogP) is 6.05. The molecule has 0 aliphatic rings. The minimum Gasteiger partial charge on any atom is -0.494 e. The molecule has 0 atom stereocenters. The van der Waals surface area contributed by atoms with E-state index < -0.39 is 8.07 Å². The van der Waals surface area contributed by atoms with E-state index in [4.69, 9.17) is 9.47 Å². The van der Waals surface area contributed by atoms with Crippen molar-refractivity contribution in [2.24, 2.45) is 0 Å². The molecule has 2 aromatic rings. The minimum atomic E-state index is -1.22. The van der Waals surface area contributed by atoms with Crippen LogP contribution in [0.25, 0.3) is 0 Å². The zero-order chi connectivity index (χ0) is 19.2. The third-order valence-electron chi connectivity index (χ3n) is 5.38. The van der Waals surface area contributed by atoms with Crippen molar-refractivity contribution in [3.05, 3.63) is 65.2 Å². The van der Waals surface area contributed by atoms with Gasteiger partial charge in [0.05, 0.1) is 14.7 Å². The number of ether oxygens (including phenoxy) is 2. The van der Waals surface area contributed by atoms with Gasteiger partial charge in [-0.2, -0.15) is 0 Å². The average molecular weight is 371 g/mol. The molecule has 0 aliphatic carbocycles. The van der Waals surface area contributed by atoms with Gasteiger partial charge in [0.15, 0.2) is 0 Å². The summed E-state index contributed by atoms with van der Waals surface area (Å²) < 4.78 is 11.2. The first-order valence-electron chi connectivity index (χ1n) is 9.54. The number of hydrogen-bond acceptors (Lipinski definition) is 2. The van der Waals surface area contributed by atoms with Crippen molar-refractivity contribution in [3.8, 4) is 5.75 Å². The molecule has 0 N–H and O–H groups in total. The van der Waals surface area contributed by atoms with Crippen LogP contribution in [0, 0.1) is 6.92 Å². The van der Waals surface area contributed by atoms with E-state index in [1.807, 2.05) is 0 Å². The van der Waals surface area contributed by atoms with E-state index in [1.54, 1.807) is 7.11 Å². The molecule has 0 saturated heterocycles. The fraction of sp³-hybridized carbons (Fsp3) is 0.478. The van der Waals surface area contributed by atoms with Gasteiger partial charge in [-0.05, 0) is 42.3 Å². The zero-order valence-electron chi connectivity index (χ0n) is 17.3. The predicted molar refractivity (Wildman–Crippen MR) is 114 cm³/mol. The van der Waals surface area contributed by atoms with Crippen molar-refractivity contribution in [1.82, 2.24) is 0 Å². The number of rotatable bonds is 9. The van der Waals surface area contributed by atoms with Crippen molar-refractivity contribution in [2.75, 3.05) is 20.3 Å². The highest BCUT2D eigenvalue weighted by Crippen LogP contribution is 2.32. The molecule has 26 heavy (non-hydrogen) atoms. The van der Waals surface area contributed by atoms with E-state index >= 15 is 0 Å². The minimum absolute atomic E-state index is 0.0126. The van der Waals surface area contributed by atoms with Crippen molar-refractivity contribution in [2.45, 2.75) is 51.4 Å². The molecule has 0 spiro atoms. The maximum atomic E-state index is 6.00. The number of aryl methyl sites for hydroxylation is 1. The molecule has 0 unspecified atom stereocenters. The Kier molecular flexibility index (Phi) is 7.07. The molecular weight excluding hydrogens is 336 g/mol. The van der Waals surface area contributed by atoms with Crippen LogP contribution in [0.5, 0.6) is 5.75 Å². The Morgan fingerprint density at radius 2 is 1.31 bits per heavy atom. The molecule has 3 heteroatoms. The number of benzene rings is 2. The van der Waals surface area contributed by atoms with Crippen molar-refractivity contribution in [1.29, 1.82) is 0 Å². The third kappa shape index (κ3) is 5.71. The van der Waals surface area contributed by atoms with Crippen molar-refractivity contribution < 1.29 is 9.47 Å². The van der Waals surface area contributed by atoms with Crippen LogP contribution in [-0.2, 0) is 10.2 Å². The molecule has 0 saturated carbocycles. The lowest BCUT2D eigenvalue weighted by Gasteiger charge is -2.26. The first kappa shape index (κ1) is 20.7. The zero-order valence-corrected chi connectivity index (χ0v) is 18.3. The highest BCUT2D eigenvalue weighted by atomic mass is 28.3. The highest BCUT2D eigenvalue weighted by Gasteiger charge is 2.23. The first-order chi connectivity index (χ1) is 12.2. The van der Waals surface area contributed by atoms with Gasteiger partial charge in [-0.15, -0.1) is 0 Å². The molecule has 2 nitrogen and oxygen atoms in total. The normalized spacial score (nSPS) is 12.2. The summed E-state index contributed by atoms with van der Waals surface area (Å²) in [6.45, 7) is 13.1. The monoisotopic (exact) mass is 370 g/mol. The Balaban J connectivity index is 1.96. The fourth-order valence-corrected chi connectivity index (χ4v) is 4.71. The number of hydrogen-bond donors (Lipinski definition) is 0. The largest absolute Gasteiger partial charge is 0.494 e. The van der Waals surface area contributed by atoms with Gasteiger partial charge in [-0.3, -0.25) is 0 Å². The van der Waals surface area contributed by atoms with Crippen LogP contribution in [0.4, 0.5) is 0 Å². The fourth-order valence-electron chi connectivity index (χ4n) is 3.05. The van der Waals surface area contributed by atoms with Gasteiger partial charge in [0.2, 0.25) is 0 Å². The standard InChI is InChI=1S/C23H34O2Si/c1-19-7-9-20(10-8-19)23(2,3)21-11-13-22(14-12-21)25-16-18-26(5,6)17-15-24-4/h7-14H,15-18H2,1-6H3. The van der Waals surface area contributed by atoms with Gasteiger partial charge in [-0.1, -0.05) is 68.9 Å². The topological polar surface area (TPSA) is 18.5 Å². The van der Waals surface area contributed by atoms with E-state index in [0.29, 0.717) is 0 Å². The van der Waals surface area contributed by atoms with E-state index in [9.17, 15) is 0 Å². The van der Waals surface area contributed by atoms with Crippen LogP contribution < -0.4 is 4.74 Å². The van der Waals surface area contributed by atoms with Crippen molar-refractivity contribution >= 4 is 8.07 Å². The van der Waals surface area contributed by atoms with E-state index in [-0.39, 0.29) is 5.41 Å². The molecular formula is C23H34O2Si. The SMILES string of the molecule is COCC[Si](C)(C)CCOc1ccc(C(C)(C)c2ccc(C)cc2)cc1. The summed E-state index contributed by atoms with van der Waals surface area (Å²) in [5, 5.41) is 0. The molecule has 0 aliphatic heterocycles. The lowest BCUT2D eigenvalue weighted by Crippen LogP contribution is -2.29. The van der Waals surface area contributed by atoms with Crippen LogP contribution in [0.1, 0.15) is 30.5 Å². The Hall–Kier alpha value is -1.58. The molecule has 0 bridgehead atoms. The van der Waals surface area contributed by atoms with E-state index in [0.717, 1.165) is 25.0 Å². The summed E-state index contributed by atoms with van der Waals surface area (Å²) in [7, 11) is 0.561. The van der Waals surface area contributed by atoms with Crippen LogP contribution in [0.3, 0.4) is 0 Å². The molecule has 2 rings (SSSR count). The Morgan fingerprint density at radius 1 is 0.808 bits per heavy atom.